The number of nitrogens with zero attached hydrogens (tertiary/aromatic N) is 2. The van der Waals surface area contributed by atoms with E-state index in [-0.39, 0.29) is 11.9 Å². The first-order chi connectivity index (χ1) is 14.2. The Labute approximate surface area is 182 Å². The number of carbonyl (C=O) groups excluding carboxylic acids is 1. The standard InChI is InChI=1S/C24H38ClN3O/c1-2-3-4-5-6-7-8-9-10-11-13-20-15-17-21(18-16-20)24(29)28-19-12-14-22(28)23(26)27-25/h15-18,22H,2-14,19H2,1H3,(H2,26,27)/t22-/m1/s1. The normalized spacial score (nSPS) is 17.1. The molecule has 0 spiro atoms. The summed E-state index contributed by atoms with van der Waals surface area (Å²) in [5, 5.41) is 0. The molecular weight excluding hydrogens is 382 g/mol. The number of amidine groups is 1. The van der Waals surface area contributed by atoms with Crippen LogP contribution in [0.25, 0.3) is 0 Å². The van der Waals surface area contributed by atoms with Gasteiger partial charge in [-0.15, -0.1) is 0 Å². The van der Waals surface area contributed by atoms with Crippen molar-refractivity contribution in [2.45, 2.75) is 96.4 Å². The summed E-state index contributed by atoms with van der Waals surface area (Å²) in [4.78, 5) is 14.6. The van der Waals surface area contributed by atoms with Crippen LogP contribution in [0.15, 0.2) is 28.8 Å². The Morgan fingerprint density at radius 1 is 1.03 bits per heavy atom. The Kier molecular flexibility index (Phi) is 11.2. The van der Waals surface area contributed by atoms with Crippen LogP contribution in [-0.2, 0) is 6.42 Å². The highest BCUT2D eigenvalue weighted by Crippen LogP contribution is 2.21. The van der Waals surface area contributed by atoms with E-state index in [1.807, 2.05) is 12.1 Å². The smallest absolute Gasteiger partial charge is 0.254 e. The number of amides is 1. The summed E-state index contributed by atoms with van der Waals surface area (Å²) >= 11 is 5.51. The average Bonchev–Trinajstić information content (AvgIpc) is 3.24. The van der Waals surface area contributed by atoms with E-state index in [1.54, 1.807) is 4.90 Å². The molecule has 1 saturated heterocycles. The predicted octanol–water partition coefficient (Wildman–Crippen LogP) is 6.27. The van der Waals surface area contributed by atoms with E-state index >= 15 is 0 Å². The van der Waals surface area contributed by atoms with Gasteiger partial charge in [-0.1, -0.05) is 76.8 Å². The third-order valence-electron chi connectivity index (χ3n) is 5.97. The van der Waals surface area contributed by atoms with Crippen molar-refractivity contribution in [3.8, 4) is 0 Å². The maximum atomic E-state index is 12.8. The highest BCUT2D eigenvalue weighted by atomic mass is 35.5. The largest absolute Gasteiger partial charge is 0.384 e. The average molecular weight is 420 g/mol. The molecule has 0 aliphatic carbocycles. The van der Waals surface area contributed by atoms with Crippen LogP contribution >= 0.6 is 11.8 Å². The molecule has 29 heavy (non-hydrogen) atoms. The molecule has 0 aromatic heterocycles. The molecule has 0 bridgehead atoms. The van der Waals surface area contributed by atoms with Crippen molar-refractivity contribution in [2.24, 2.45) is 10.2 Å². The summed E-state index contributed by atoms with van der Waals surface area (Å²) in [6, 6.07) is 7.89. The van der Waals surface area contributed by atoms with Crippen LogP contribution < -0.4 is 5.73 Å². The Bertz CT molecular complexity index is 630. The fourth-order valence-electron chi connectivity index (χ4n) is 4.17. The molecule has 4 nitrogen and oxygen atoms in total. The molecule has 2 N–H and O–H groups in total. The van der Waals surface area contributed by atoms with Gasteiger partial charge in [-0.2, -0.15) is 4.51 Å². The number of carbonyl (C=O) groups is 1. The zero-order chi connectivity index (χ0) is 20.9. The molecule has 1 aromatic rings. The van der Waals surface area contributed by atoms with Crippen LogP contribution in [-0.4, -0.2) is 29.2 Å². The number of nitrogens with two attached hydrogens (primary N) is 1. The molecular formula is C24H38ClN3O. The molecule has 1 aliphatic rings. The molecule has 1 heterocycles. The summed E-state index contributed by atoms with van der Waals surface area (Å²) < 4.78 is 3.56. The van der Waals surface area contributed by atoms with Crippen LogP contribution in [0.4, 0.5) is 0 Å². The molecule has 1 aliphatic heterocycles. The molecule has 1 amide bonds. The zero-order valence-corrected chi connectivity index (χ0v) is 18.8. The van der Waals surface area contributed by atoms with E-state index in [9.17, 15) is 4.79 Å². The quantitative estimate of drug-likeness (QED) is 0.233. The minimum Gasteiger partial charge on any atom is -0.384 e. The highest BCUT2D eigenvalue weighted by molar-refractivity contribution is 6.20. The Morgan fingerprint density at radius 3 is 2.21 bits per heavy atom. The van der Waals surface area contributed by atoms with Crippen molar-refractivity contribution in [3.63, 3.8) is 0 Å². The number of unbranched alkanes of at least 4 members (excludes halogenated alkanes) is 9. The van der Waals surface area contributed by atoms with Crippen molar-refractivity contribution in [3.05, 3.63) is 35.4 Å². The second kappa shape index (κ2) is 13.6. The van der Waals surface area contributed by atoms with Gasteiger partial charge in [-0.05, 0) is 43.4 Å². The third kappa shape index (κ3) is 8.00. The lowest BCUT2D eigenvalue weighted by Gasteiger charge is -2.23. The highest BCUT2D eigenvalue weighted by Gasteiger charge is 2.31. The van der Waals surface area contributed by atoms with E-state index in [0.29, 0.717) is 17.9 Å². The maximum absolute atomic E-state index is 12.8. The third-order valence-corrected chi connectivity index (χ3v) is 6.17. The van der Waals surface area contributed by atoms with E-state index in [2.05, 4.69) is 23.6 Å². The number of hydrogen-bond acceptors (Lipinski definition) is 2. The van der Waals surface area contributed by atoms with Crippen LogP contribution in [0.1, 0.15) is 99.9 Å². The Balaban J connectivity index is 1.66. The fraction of sp³-hybridized carbons (Fsp3) is 0.667. The number of rotatable bonds is 13. The molecule has 0 unspecified atom stereocenters. The number of benzene rings is 1. The predicted molar refractivity (Wildman–Crippen MR) is 124 cm³/mol. The van der Waals surface area contributed by atoms with Gasteiger partial charge in [0.25, 0.3) is 5.91 Å². The van der Waals surface area contributed by atoms with E-state index in [1.165, 1.54) is 69.8 Å². The SMILES string of the molecule is CCCCCCCCCCCCc1ccc(C(=O)N2CCC[C@@H]2/C(N)=N\Cl)cc1. The maximum Gasteiger partial charge on any atom is 0.254 e. The van der Waals surface area contributed by atoms with E-state index < -0.39 is 0 Å². The lowest BCUT2D eigenvalue weighted by Crippen LogP contribution is -2.43. The first kappa shape index (κ1) is 23.7. The van der Waals surface area contributed by atoms with E-state index in [4.69, 9.17) is 17.5 Å². The van der Waals surface area contributed by atoms with E-state index in [0.717, 1.165) is 19.3 Å². The van der Waals surface area contributed by atoms with Gasteiger partial charge in [0.1, 0.15) is 5.84 Å². The fourth-order valence-corrected chi connectivity index (χ4v) is 4.28. The number of aryl methyl sites for hydroxylation is 1. The van der Waals surface area contributed by atoms with Crippen molar-refractivity contribution in [1.82, 2.24) is 4.90 Å². The van der Waals surface area contributed by atoms with Crippen LogP contribution in [0.5, 0.6) is 0 Å². The molecule has 2 rings (SSSR count). The van der Waals surface area contributed by atoms with Crippen molar-refractivity contribution in [1.29, 1.82) is 0 Å². The molecule has 0 radical (unpaired) electrons. The first-order valence-corrected chi connectivity index (χ1v) is 11.9. The molecule has 162 valence electrons. The number of halogens is 1. The van der Waals surface area contributed by atoms with Crippen molar-refractivity contribution in [2.75, 3.05) is 6.54 Å². The van der Waals surface area contributed by atoms with Gasteiger partial charge in [0.05, 0.1) is 6.04 Å². The lowest BCUT2D eigenvalue weighted by molar-refractivity contribution is 0.0769. The topological polar surface area (TPSA) is 58.7 Å². The summed E-state index contributed by atoms with van der Waals surface area (Å²) in [5.41, 5.74) is 7.88. The molecule has 1 atom stereocenters. The zero-order valence-electron chi connectivity index (χ0n) is 18.0. The van der Waals surface area contributed by atoms with Gasteiger partial charge in [-0.25, -0.2) is 0 Å². The van der Waals surface area contributed by atoms with Gasteiger partial charge in [0.2, 0.25) is 0 Å². The van der Waals surface area contributed by atoms with Gasteiger partial charge < -0.3 is 10.6 Å². The Morgan fingerprint density at radius 2 is 1.62 bits per heavy atom. The van der Waals surface area contributed by atoms with Gasteiger partial charge >= 0.3 is 0 Å². The molecule has 0 saturated carbocycles. The number of likely N-dealkylation sites (tertiary alicyclic amines) is 1. The Hall–Kier alpha value is -1.55. The molecule has 1 aromatic carbocycles. The lowest BCUT2D eigenvalue weighted by atomic mass is 10.0. The monoisotopic (exact) mass is 419 g/mol. The van der Waals surface area contributed by atoms with Crippen LogP contribution in [0, 0.1) is 0 Å². The minimum absolute atomic E-state index is 0.0150. The van der Waals surface area contributed by atoms with Crippen molar-refractivity contribution >= 4 is 23.5 Å². The first-order valence-electron chi connectivity index (χ1n) is 11.5. The van der Waals surface area contributed by atoms with Crippen molar-refractivity contribution < 1.29 is 4.79 Å². The second-order valence-corrected chi connectivity index (χ2v) is 8.46. The second-order valence-electron chi connectivity index (χ2n) is 8.29. The summed E-state index contributed by atoms with van der Waals surface area (Å²) in [5.74, 6) is 0.344. The summed E-state index contributed by atoms with van der Waals surface area (Å²) in [6.07, 6.45) is 16.4. The van der Waals surface area contributed by atoms with Gasteiger partial charge in [-0.3, -0.25) is 4.79 Å². The number of hydrogen-bond donors (Lipinski definition) is 1. The minimum atomic E-state index is -0.175. The summed E-state index contributed by atoms with van der Waals surface area (Å²) in [7, 11) is 0. The summed E-state index contributed by atoms with van der Waals surface area (Å²) in [6.45, 7) is 2.97. The van der Waals surface area contributed by atoms with Gasteiger partial charge in [0, 0.05) is 23.9 Å². The molecule has 5 heteroatoms. The molecule has 1 fully saturated rings. The van der Waals surface area contributed by atoms with Crippen LogP contribution in [0.2, 0.25) is 0 Å². The van der Waals surface area contributed by atoms with Crippen LogP contribution in [0.3, 0.4) is 0 Å². The van der Waals surface area contributed by atoms with Gasteiger partial charge in [0.15, 0.2) is 0 Å².